The summed E-state index contributed by atoms with van der Waals surface area (Å²) in [5.74, 6) is -0.443. The molecule has 8 nitrogen and oxygen atoms in total. The molecule has 0 spiro atoms. The molecule has 1 N–H and O–H groups in total. The largest absolute Gasteiger partial charge is 0.492 e. The standard InChI is InChI=1S/C30H35Cl2N3O5S/c1-5-40-28-14-10-9-13-27(28)35(41(38,39)24-11-7-6-8-12-24)20-29(36)34(22(4)30(37)33-18-21(2)3)19-23-15-16-25(31)26(32)17-23/h6-17,21-22H,5,18-20H2,1-4H3,(H,33,37). The Labute approximate surface area is 252 Å². The van der Waals surface area contributed by atoms with Gasteiger partial charge in [0.1, 0.15) is 18.3 Å². The molecule has 220 valence electrons. The van der Waals surface area contributed by atoms with Gasteiger partial charge < -0.3 is 15.0 Å². The quantitative estimate of drug-likeness (QED) is 0.262. The molecule has 0 bridgehead atoms. The summed E-state index contributed by atoms with van der Waals surface area (Å²) in [6.45, 7) is 7.46. The first-order valence-electron chi connectivity index (χ1n) is 13.3. The van der Waals surface area contributed by atoms with Crippen LogP contribution in [0.1, 0.15) is 33.3 Å². The van der Waals surface area contributed by atoms with Gasteiger partial charge in [0, 0.05) is 13.1 Å². The van der Waals surface area contributed by atoms with Gasteiger partial charge >= 0.3 is 0 Å². The number of amides is 2. The zero-order chi connectivity index (χ0) is 30.2. The molecule has 0 heterocycles. The van der Waals surface area contributed by atoms with Crippen LogP contribution in [0.25, 0.3) is 0 Å². The fraction of sp³-hybridized carbons (Fsp3) is 0.333. The van der Waals surface area contributed by atoms with E-state index in [1.54, 1.807) is 74.5 Å². The van der Waals surface area contributed by atoms with E-state index in [-0.39, 0.29) is 29.0 Å². The van der Waals surface area contributed by atoms with E-state index in [0.29, 0.717) is 34.5 Å². The minimum Gasteiger partial charge on any atom is -0.492 e. The van der Waals surface area contributed by atoms with Gasteiger partial charge in [0.2, 0.25) is 11.8 Å². The highest BCUT2D eigenvalue weighted by Crippen LogP contribution is 2.33. The summed E-state index contributed by atoms with van der Waals surface area (Å²) < 4.78 is 34.7. The van der Waals surface area contributed by atoms with Gasteiger partial charge in [0.05, 0.1) is 27.2 Å². The highest BCUT2D eigenvalue weighted by molar-refractivity contribution is 7.92. The van der Waals surface area contributed by atoms with E-state index in [0.717, 1.165) is 4.31 Å². The molecule has 0 aliphatic rings. The van der Waals surface area contributed by atoms with Gasteiger partial charge in [-0.1, -0.05) is 73.4 Å². The van der Waals surface area contributed by atoms with Crippen molar-refractivity contribution in [3.63, 3.8) is 0 Å². The zero-order valence-corrected chi connectivity index (χ0v) is 25.8. The maximum atomic E-state index is 14.1. The third-order valence-electron chi connectivity index (χ3n) is 6.23. The Balaban J connectivity index is 2.06. The van der Waals surface area contributed by atoms with Crippen LogP contribution in [0, 0.1) is 5.92 Å². The summed E-state index contributed by atoms with van der Waals surface area (Å²) >= 11 is 12.3. The van der Waals surface area contributed by atoms with Crippen molar-refractivity contribution in [3.8, 4) is 5.75 Å². The molecule has 3 rings (SSSR count). The summed E-state index contributed by atoms with van der Waals surface area (Å²) in [6.07, 6.45) is 0. The topological polar surface area (TPSA) is 96.0 Å². The number of carbonyl (C=O) groups excluding carboxylic acids is 2. The van der Waals surface area contributed by atoms with Crippen molar-refractivity contribution in [1.29, 1.82) is 0 Å². The average Bonchev–Trinajstić information content (AvgIpc) is 2.95. The Morgan fingerprint density at radius 3 is 2.22 bits per heavy atom. The molecule has 0 aliphatic heterocycles. The lowest BCUT2D eigenvalue weighted by Gasteiger charge is -2.32. The molecular weight excluding hydrogens is 585 g/mol. The first-order valence-corrected chi connectivity index (χ1v) is 15.5. The molecule has 2 amide bonds. The van der Waals surface area contributed by atoms with E-state index in [1.807, 2.05) is 13.8 Å². The summed E-state index contributed by atoms with van der Waals surface area (Å²) in [7, 11) is -4.21. The van der Waals surface area contributed by atoms with Gasteiger partial charge in [-0.05, 0) is 61.7 Å². The predicted octanol–water partition coefficient (Wildman–Crippen LogP) is 5.78. The first-order chi connectivity index (χ1) is 19.4. The van der Waals surface area contributed by atoms with Crippen molar-refractivity contribution in [1.82, 2.24) is 10.2 Å². The lowest BCUT2D eigenvalue weighted by molar-refractivity contribution is -0.139. The Kier molecular flexibility index (Phi) is 11.5. The molecule has 0 aliphatic carbocycles. The number of carbonyl (C=O) groups is 2. The smallest absolute Gasteiger partial charge is 0.264 e. The van der Waals surface area contributed by atoms with Gasteiger partial charge in [0.15, 0.2) is 0 Å². The van der Waals surface area contributed by atoms with Gasteiger partial charge in [0.25, 0.3) is 10.0 Å². The molecule has 0 saturated carbocycles. The summed E-state index contributed by atoms with van der Waals surface area (Å²) in [6, 6.07) is 18.5. The van der Waals surface area contributed by atoms with Crippen LogP contribution in [0.15, 0.2) is 77.7 Å². The average molecular weight is 621 g/mol. The highest BCUT2D eigenvalue weighted by Gasteiger charge is 2.33. The Morgan fingerprint density at radius 2 is 1.59 bits per heavy atom. The van der Waals surface area contributed by atoms with E-state index in [2.05, 4.69) is 5.32 Å². The minimum absolute atomic E-state index is 0.00167. The van der Waals surface area contributed by atoms with Crippen LogP contribution >= 0.6 is 23.2 Å². The maximum absolute atomic E-state index is 14.1. The lowest BCUT2D eigenvalue weighted by atomic mass is 10.1. The molecule has 1 atom stereocenters. The summed E-state index contributed by atoms with van der Waals surface area (Å²) in [5.41, 5.74) is 0.835. The van der Waals surface area contributed by atoms with Gasteiger partial charge in [-0.3, -0.25) is 13.9 Å². The van der Waals surface area contributed by atoms with Crippen LogP contribution in [0.3, 0.4) is 0 Å². The molecule has 3 aromatic carbocycles. The number of ether oxygens (including phenoxy) is 1. The van der Waals surface area contributed by atoms with Crippen molar-refractivity contribution < 1.29 is 22.7 Å². The number of anilines is 1. The van der Waals surface area contributed by atoms with Crippen molar-refractivity contribution in [2.75, 3.05) is 24.0 Å². The molecule has 0 saturated heterocycles. The molecular formula is C30H35Cl2N3O5S. The highest BCUT2D eigenvalue weighted by atomic mass is 35.5. The SMILES string of the molecule is CCOc1ccccc1N(CC(=O)N(Cc1ccc(Cl)c(Cl)c1)C(C)C(=O)NCC(C)C)S(=O)(=O)c1ccccc1. The monoisotopic (exact) mass is 619 g/mol. The number of nitrogens with zero attached hydrogens (tertiary/aromatic N) is 2. The Morgan fingerprint density at radius 1 is 0.927 bits per heavy atom. The molecule has 1 unspecified atom stereocenters. The van der Waals surface area contributed by atoms with E-state index in [4.69, 9.17) is 27.9 Å². The van der Waals surface area contributed by atoms with Crippen LogP contribution in [0.4, 0.5) is 5.69 Å². The van der Waals surface area contributed by atoms with E-state index < -0.39 is 28.5 Å². The third-order valence-corrected chi connectivity index (χ3v) is 8.75. The fourth-order valence-corrected chi connectivity index (χ4v) is 5.81. The Hall–Kier alpha value is -3.27. The summed E-state index contributed by atoms with van der Waals surface area (Å²) in [4.78, 5) is 28.5. The number of benzene rings is 3. The van der Waals surface area contributed by atoms with Gasteiger partial charge in [-0.2, -0.15) is 0 Å². The second-order valence-corrected chi connectivity index (χ2v) is 12.5. The molecule has 41 heavy (non-hydrogen) atoms. The van der Waals surface area contributed by atoms with E-state index in [1.165, 1.54) is 17.0 Å². The molecule has 0 fully saturated rings. The van der Waals surface area contributed by atoms with Crippen LogP contribution in [0.5, 0.6) is 5.75 Å². The third kappa shape index (κ3) is 8.38. The van der Waals surface area contributed by atoms with Crippen molar-refractivity contribution in [3.05, 3.63) is 88.4 Å². The van der Waals surface area contributed by atoms with E-state index in [9.17, 15) is 18.0 Å². The molecule has 0 radical (unpaired) electrons. The normalized spacial score (nSPS) is 12.1. The lowest BCUT2D eigenvalue weighted by Crippen LogP contribution is -2.51. The van der Waals surface area contributed by atoms with Gasteiger partial charge in [-0.25, -0.2) is 8.42 Å². The Bertz CT molecular complexity index is 1450. The van der Waals surface area contributed by atoms with Crippen molar-refractivity contribution in [2.45, 2.75) is 45.2 Å². The molecule has 3 aromatic rings. The van der Waals surface area contributed by atoms with Crippen LogP contribution in [-0.4, -0.2) is 50.9 Å². The number of para-hydroxylation sites is 2. The predicted molar refractivity (Wildman–Crippen MR) is 163 cm³/mol. The van der Waals surface area contributed by atoms with Gasteiger partial charge in [-0.15, -0.1) is 0 Å². The van der Waals surface area contributed by atoms with Crippen molar-refractivity contribution in [2.24, 2.45) is 5.92 Å². The van der Waals surface area contributed by atoms with E-state index >= 15 is 0 Å². The fourth-order valence-electron chi connectivity index (χ4n) is 4.04. The number of halogens is 2. The number of hydrogen-bond donors (Lipinski definition) is 1. The zero-order valence-electron chi connectivity index (χ0n) is 23.5. The second kappa shape index (κ2) is 14.6. The molecule has 0 aromatic heterocycles. The minimum atomic E-state index is -4.21. The second-order valence-electron chi connectivity index (χ2n) is 9.81. The first kappa shape index (κ1) is 32.2. The number of sulfonamides is 1. The number of nitrogens with one attached hydrogen (secondary N) is 1. The van der Waals surface area contributed by atoms with Crippen LogP contribution in [-0.2, 0) is 26.2 Å². The van der Waals surface area contributed by atoms with Crippen LogP contribution < -0.4 is 14.4 Å². The summed E-state index contributed by atoms with van der Waals surface area (Å²) in [5, 5.41) is 3.51. The number of rotatable bonds is 13. The number of hydrogen-bond acceptors (Lipinski definition) is 5. The van der Waals surface area contributed by atoms with Crippen LogP contribution in [0.2, 0.25) is 10.0 Å². The van der Waals surface area contributed by atoms with Crippen molar-refractivity contribution >= 4 is 50.7 Å². The molecule has 11 heteroatoms. The maximum Gasteiger partial charge on any atom is 0.264 e.